The first-order chi connectivity index (χ1) is 13.7. The summed E-state index contributed by atoms with van der Waals surface area (Å²) in [4.78, 5) is 12.7. The predicted octanol–water partition coefficient (Wildman–Crippen LogP) is 4.74. The topological polar surface area (TPSA) is 38.2 Å². The van der Waals surface area contributed by atoms with Crippen LogP contribution in [-0.2, 0) is 13.0 Å². The number of fused-ring (bicyclic) bond motifs is 2. The van der Waals surface area contributed by atoms with Gasteiger partial charge in [0, 0.05) is 49.0 Å². The first-order valence-corrected chi connectivity index (χ1v) is 10.3. The van der Waals surface area contributed by atoms with Crippen LogP contribution >= 0.6 is 22.9 Å². The third-order valence-corrected chi connectivity index (χ3v) is 6.40. The molecule has 28 heavy (non-hydrogen) atoms. The van der Waals surface area contributed by atoms with Crippen molar-refractivity contribution in [3.05, 3.63) is 70.1 Å². The van der Waals surface area contributed by atoms with Crippen LogP contribution in [0, 0.1) is 5.82 Å². The smallest absolute Gasteiger partial charge is 0.169 e. The summed E-state index contributed by atoms with van der Waals surface area (Å²) in [6.45, 7) is 2.76. The number of hydrogen-bond acceptors (Lipinski definition) is 5. The lowest BCUT2D eigenvalue weighted by atomic mass is 10.0. The van der Waals surface area contributed by atoms with E-state index in [-0.39, 0.29) is 5.82 Å². The molecule has 2 aliphatic rings. The largest absolute Gasteiger partial charge is 0.488 e. The van der Waals surface area contributed by atoms with E-state index in [4.69, 9.17) is 21.3 Å². The minimum atomic E-state index is -0.313. The molecule has 1 aromatic carbocycles. The average molecular weight is 414 g/mol. The third kappa shape index (κ3) is 3.32. The second kappa shape index (κ2) is 7.28. The van der Waals surface area contributed by atoms with Gasteiger partial charge in [0.05, 0.1) is 15.6 Å². The molecule has 0 amide bonds. The molecule has 0 aliphatic carbocycles. The zero-order valence-corrected chi connectivity index (χ0v) is 16.6. The lowest BCUT2D eigenvalue weighted by Gasteiger charge is -2.30. The van der Waals surface area contributed by atoms with Gasteiger partial charge in [0.1, 0.15) is 18.2 Å². The number of thiophene rings is 1. The highest BCUT2D eigenvalue weighted by molar-refractivity contribution is 7.13. The third-order valence-electron chi connectivity index (χ3n) is 5.06. The molecule has 2 aliphatic heterocycles. The fraction of sp³-hybridized carbons (Fsp3) is 0.238. The van der Waals surface area contributed by atoms with Gasteiger partial charge in [0.15, 0.2) is 5.82 Å². The standard InChI is InChI=1S/C21H17ClFN3OS/c22-20-14(12-27-18-4-3-15(23)8-16(18)20)11-26-6-5-17-13(10-26)9-24-21(25-17)19-2-1-7-28-19/h1-4,7-9H,5-6,10-12H2. The number of rotatable bonds is 3. The summed E-state index contributed by atoms with van der Waals surface area (Å²) in [5, 5.41) is 2.63. The highest BCUT2D eigenvalue weighted by Gasteiger charge is 2.24. The van der Waals surface area contributed by atoms with Crippen LogP contribution in [0.25, 0.3) is 15.7 Å². The van der Waals surface area contributed by atoms with Crippen molar-refractivity contribution in [1.82, 2.24) is 14.9 Å². The molecule has 0 bridgehead atoms. The van der Waals surface area contributed by atoms with Crippen LogP contribution in [0.15, 0.2) is 47.5 Å². The van der Waals surface area contributed by atoms with Gasteiger partial charge < -0.3 is 4.74 Å². The maximum Gasteiger partial charge on any atom is 0.169 e. The molecule has 0 spiro atoms. The fourth-order valence-corrected chi connectivity index (χ4v) is 4.56. The lowest BCUT2D eigenvalue weighted by Crippen LogP contribution is -2.34. The Kier molecular flexibility index (Phi) is 4.62. The van der Waals surface area contributed by atoms with E-state index in [2.05, 4.69) is 9.88 Å². The summed E-state index contributed by atoms with van der Waals surface area (Å²) < 4.78 is 19.4. The summed E-state index contributed by atoms with van der Waals surface area (Å²) in [5.74, 6) is 1.12. The van der Waals surface area contributed by atoms with Gasteiger partial charge in [-0.3, -0.25) is 4.90 Å². The molecular formula is C21H17ClFN3OS. The molecule has 2 aromatic heterocycles. The van der Waals surface area contributed by atoms with Crippen LogP contribution < -0.4 is 4.74 Å². The Morgan fingerprint density at radius 3 is 3.07 bits per heavy atom. The molecule has 5 rings (SSSR count). The minimum absolute atomic E-state index is 0.313. The van der Waals surface area contributed by atoms with Gasteiger partial charge in [0.2, 0.25) is 0 Å². The molecule has 142 valence electrons. The second-order valence-corrected chi connectivity index (χ2v) is 8.28. The molecule has 0 radical (unpaired) electrons. The summed E-state index contributed by atoms with van der Waals surface area (Å²) in [5.41, 5.74) is 3.86. The van der Waals surface area contributed by atoms with Crippen LogP contribution in [0.5, 0.6) is 5.75 Å². The Hall–Kier alpha value is -2.28. The Morgan fingerprint density at radius 1 is 1.29 bits per heavy atom. The van der Waals surface area contributed by atoms with Crippen molar-refractivity contribution in [3.8, 4) is 16.5 Å². The van der Waals surface area contributed by atoms with Gasteiger partial charge in [-0.25, -0.2) is 14.4 Å². The number of aromatic nitrogens is 2. The van der Waals surface area contributed by atoms with Crippen molar-refractivity contribution in [2.24, 2.45) is 0 Å². The van der Waals surface area contributed by atoms with Gasteiger partial charge in [0.25, 0.3) is 0 Å². The van der Waals surface area contributed by atoms with E-state index in [1.165, 1.54) is 12.1 Å². The molecule has 4 heterocycles. The highest BCUT2D eigenvalue weighted by Crippen LogP contribution is 2.36. The van der Waals surface area contributed by atoms with Gasteiger partial charge in [-0.1, -0.05) is 17.7 Å². The van der Waals surface area contributed by atoms with E-state index in [0.717, 1.165) is 47.0 Å². The molecule has 3 aromatic rings. The minimum Gasteiger partial charge on any atom is -0.488 e. The number of halogens is 2. The van der Waals surface area contributed by atoms with Gasteiger partial charge in [-0.2, -0.15) is 0 Å². The van der Waals surface area contributed by atoms with E-state index >= 15 is 0 Å². The lowest BCUT2D eigenvalue weighted by molar-refractivity contribution is 0.254. The van der Waals surface area contributed by atoms with Gasteiger partial charge >= 0.3 is 0 Å². The van der Waals surface area contributed by atoms with E-state index in [1.54, 1.807) is 17.4 Å². The molecule has 0 unspecified atom stereocenters. The van der Waals surface area contributed by atoms with Crippen LogP contribution in [-0.4, -0.2) is 34.6 Å². The van der Waals surface area contributed by atoms with Crippen molar-refractivity contribution >= 4 is 28.0 Å². The van der Waals surface area contributed by atoms with Crippen molar-refractivity contribution in [1.29, 1.82) is 0 Å². The van der Waals surface area contributed by atoms with Crippen molar-refractivity contribution < 1.29 is 9.13 Å². The summed E-state index contributed by atoms with van der Waals surface area (Å²) >= 11 is 8.21. The first kappa shape index (κ1) is 17.8. The fourth-order valence-electron chi connectivity index (χ4n) is 3.64. The number of nitrogens with zero attached hydrogens (tertiary/aromatic N) is 3. The van der Waals surface area contributed by atoms with Crippen LogP contribution in [0.1, 0.15) is 16.8 Å². The van der Waals surface area contributed by atoms with E-state index in [0.29, 0.717) is 29.5 Å². The monoisotopic (exact) mass is 413 g/mol. The molecule has 7 heteroatoms. The Balaban J connectivity index is 1.35. The Bertz CT molecular complexity index is 1070. The quantitative estimate of drug-likeness (QED) is 0.621. The van der Waals surface area contributed by atoms with Crippen molar-refractivity contribution in [2.75, 3.05) is 19.7 Å². The van der Waals surface area contributed by atoms with Crippen LogP contribution in [0.2, 0.25) is 0 Å². The predicted molar refractivity (Wildman–Crippen MR) is 109 cm³/mol. The zero-order valence-electron chi connectivity index (χ0n) is 15.0. The van der Waals surface area contributed by atoms with Crippen LogP contribution in [0.4, 0.5) is 4.39 Å². The zero-order chi connectivity index (χ0) is 19.1. The number of ether oxygens (including phenoxy) is 1. The highest BCUT2D eigenvalue weighted by atomic mass is 35.5. The summed E-state index contributed by atoms with van der Waals surface area (Å²) in [6.07, 6.45) is 2.80. The van der Waals surface area contributed by atoms with Gasteiger partial charge in [-0.15, -0.1) is 11.3 Å². The molecule has 0 atom stereocenters. The van der Waals surface area contributed by atoms with Crippen molar-refractivity contribution in [3.63, 3.8) is 0 Å². The summed E-state index contributed by atoms with van der Waals surface area (Å²) in [6, 6.07) is 8.50. The Morgan fingerprint density at radius 2 is 2.21 bits per heavy atom. The summed E-state index contributed by atoms with van der Waals surface area (Å²) in [7, 11) is 0. The molecule has 4 nitrogen and oxygen atoms in total. The van der Waals surface area contributed by atoms with E-state index in [9.17, 15) is 4.39 Å². The van der Waals surface area contributed by atoms with Crippen molar-refractivity contribution in [2.45, 2.75) is 13.0 Å². The maximum atomic E-state index is 13.6. The Labute approximate surface area is 171 Å². The number of benzene rings is 1. The molecule has 0 N–H and O–H groups in total. The van der Waals surface area contributed by atoms with E-state index in [1.807, 2.05) is 23.7 Å². The second-order valence-electron chi connectivity index (χ2n) is 6.95. The first-order valence-electron chi connectivity index (χ1n) is 9.08. The maximum absolute atomic E-state index is 13.6. The van der Waals surface area contributed by atoms with Crippen LogP contribution in [0.3, 0.4) is 0 Å². The molecule has 0 saturated heterocycles. The normalized spacial score (nSPS) is 16.5. The SMILES string of the molecule is Fc1ccc2c(c1)C(Cl)=C(CN1CCc3nc(-c4cccs4)ncc3C1)CO2. The molecule has 0 saturated carbocycles. The molecular weight excluding hydrogens is 397 g/mol. The molecule has 0 fully saturated rings. The van der Waals surface area contributed by atoms with Gasteiger partial charge in [-0.05, 0) is 29.6 Å². The number of hydrogen-bond donors (Lipinski definition) is 0. The van der Waals surface area contributed by atoms with E-state index < -0.39 is 0 Å². The average Bonchev–Trinajstić information content (AvgIpc) is 3.25.